The second-order valence-corrected chi connectivity index (χ2v) is 7.60. The van der Waals surface area contributed by atoms with Crippen molar-refractivity contribution < 1.29 is 0 Å². The molecule has 0 fully saturated rings. The summed E-state index contributed by atoms with van der Waals surface area (Å²) in [7, 11) is 0. The van der Waals surface area contributed by atoms with Gasteiger partial charge in [-0.1, -0.05) is 62.8 Å². The highest BCUT2D eigenvalue weighted by Gasteiger charge is 2.20. The van der Waals surface area contributed by atoms with Crippen LogP contribution in [0.3, 0.4) is 0 Å². The fraction of sp³-hybridized carbons (Fsp3) is 0.818. The van der Waals surface area contributed by atoms with E-state index in [1.165, 1.54) is 103 Å². The molecule has 0 heterocycles. The SMILES string of the molecule is C1=CCCCC(C2CCCC=CCCCCC2)CCCCC1. The van der Waals surface area contributed by atoms with E-state index in [4.69, 9.17) is 0 Å². The van der Waals surface area contributed by atoms with Gasteiger partial charge < -0.3 is 0 Å². The third-order valence-electron chi connectivity index (χ3n) is 5.78. The lowest BCUT2D eigenvalue weighted by molar-refractivity contribution is 0.242. The summed E-state index contributed by atoms with van der Waals surface area (Å²) in [5, 5.41) is 0. The summed E-state index contributed by atoms with van der Waals surface area (Å²) in [6, 6.07) is 0. The third-order valence-corrected chi connectivity index (χ3v) is 5.78. The molecule has 0 aliphatic heterocycles. The van der Waals surface area contributed by atoms with E-state index < -0.39 is 0 Å². The fourth-order valence-electron chi connectivity index (χ4n) is 4.39. The Morgan fingerprint density at radius 1 is 0.364 bits per heavy atom. The summed E-state index contributed by atoms with van der Waals surface area (Å²) in [6.07, 6.45) is 32.6. The lowest BCUT2D eigenvalue weighted by Crippen LogP contribution is -2.16. The van der Waals surface area contributed by atoms with Gasteiger partial charge in [0.25, 0.3) is 0 Å². The Labute approximate surface area is 139 Å². The Hall–Kier alpha value is -0.520. The first-order chi connectivity index (χ1) is 11.0. The summed E-state index contributed by atoms with van der Waals surface area (Å²) in [6.45, 7) is 0. The molecule has 0 heteroatoms. The van der Waals surface area contributed by atoms with Crippen LogP contribution in [0.2, 0.25) is 0 Å². The molecule has 2 aliphatic rings. The summed E-state index contributed by atoms with van der Waals surface area (Å²) in [5.74, 6) is 2.05. The largest absolute Gasteiger partial charge is 0.0885 e. The molecule has 2 atom stereocenters. The molecule has 0 radical (unpaired) electrons. The molecule has 2 aliphatic carbocycles. The molecular formula is C22H38. The van der Waals surface area contributed by atoms with Crippen LogP contribution in [0, 0.1) is 11.8 Å². The van der Waals surface area contributed by atoms with E-state index in [9.17, 15) is 0 Å². The van der Waals surface area contributed by atoms with Crippen molar-refractivity contribution in [3.8, 4) is 0 Å². The zero-order chi connectivity index (χ0) is 15.3. The average Bonchev–Trinajstić information content (AvgIpc) is 2.64. The predicted octanol–water partition coefficient (Wildman–Crippen LogP) is 7.60. The molecule has 0 aromatic heterocycles. The second-order valence-electron chi connectivity index (χ2n) is 7.60. The molecule has 126 valence electrons. The van der Waals surface area contributed by atoms with Crippen molar-refractivity contribution in [1.29, 1.82) is 0 Å². The highest BCUT2D eigenvalue weighted by Crippen LogP contribution is 2.33. The molecule has 2 rings (SSSR count). The van der Waals surface area contributed by atoms with E-state index >= 15 is 0 Å². The van der Waals surface area contributed by atoms with E-state index in [-0.39, 0.29) is 0 Å². The van der Waals surface area contributed by atoms with Gasteiger partial charge in [-0.2, -0.15) is 0 Å². The molecular weight excluding hydrogens is 264 g/mol. The van der Waals surface area contributed by atoms with Crippen LogP contribution in [-0.4, -0.2) is 0 Å². The van der Waals surface area contributed by atoms with E-state index in [0.717, 1.165) is 11.8 Å². The minimum absolute atomic E-state index is 1.02. The van der Waals surface area contributed by atoms with Crippen LogP contribution >= 0.6 is 0 Å². The van der Waals surface area contributed by atoms with Crippen LogP contribution in [0.25, 0.3) is 0 Å². The number of hydrogen-bond acceptors (Lipinski definition) is 0. The molecule has 0 aromatic carbocycles. The monoisotopic (exact) mass is 302 g/mol. The average molecular weight is 303 g/mol. The molecule has 0 bridgehead atoms. The molecule has 0 aromatic rings. The van der Waals surface area contributed by atoms with Crippen LogP contribution in [-0.2, 0) is 0 Å². The van der Waals surface area contributed by atoms with Crippen molar-refractivity contribution >= 4 is 0 Å². The Morgan fingerprint density at radius 2 is 0.727 bits per heavy atom. The molecule has 0 amide bonds. The van der Waals surface area contributed by atoms with Crippen molar-refractivity contribution in [1.82, 2.24) is 0 Å². The summed E-state index contributed by atoms with van der Waals surface area (Å²) >= 11 is 0. The van der Waals surface area contributed by atoms with Gasteiger partial charge in [0.2, 0.25) is 0 Å². The number of hydrogen-bond donors (Lipinski definition) is 0. The summed E-state index contributed by atoms with van der Waals surface area (Å²) in [5.41, 5.74) is 0. The second kappa shape index (κ2) is 12.0. The van der Waals surface area contributed by atoms with Gasteiger partial charge in [0.05, 0.1) is 0 Å². The number of rotatable bonds is 1. The molecule has 0 N–H and O–H groups in total. The third kappa shape index (κ3) is 7.65. The quantitative estimate of drug-likeness (QED) is 0.437. The van der Waals surface area contributed by atoms with Crippen LogP contribution in [0.1, 0.15) is 103 Å². The maximum absolute atomic E-state index is 2.45. The van der Waals surface area contributed by atoms with Gasteiger partial charge >= 0.3 is 0 Å². The van der Waals surface area contributed by atoms with Gasteiger partial charge in [-0.3, -0.25) is 0 Å². The Kier molecular flexibility index (Phi) is 9.70. The van der Waals surface area contributed by atoms with Crippen molar-refractivity contribution in [2.75, 3.05) is 0 Å². The Bertz CT molecular complexity index is 280. The predicted molar refractivity (Wildman–Crippen MR) is 99.1 cm³/mol. The standard InChI is InChI=1S/C22H38/c1-2-6-10-14-18-21(17-13-9-5-1)22-19-15-11-7-3-4-8-12-16-20-22/h1,3,5,7,21-22H,2,4,6,8-20H2. The first-order valence-corrected chi connectivity index (χ1v) is 10.3. The molecule has 2 unspecified atom stereocenters. The molecule has 0 spiro atoms. The van der Waals surface area contributed by atoms with Crippen LogP contribution in [0.5, 0.6) is 0 Å². The summed E-state index contributed by atoms with van der Waals surface area (Å²) < 4.78 is 0. The van der Waals surface area contributed by atoms with Crippen molar-refractivity contribution in [2.24, 2.45) is 11.8 Å². The van der Waals surface area contributed by atoms with Crippen molar-refractivity contribution in [2.45, 2.75) is 103 Å². The zero-order valence-corrected chi connectivity index (χ0v) is 14.8. The summed E-state index contributed by atoms with van der Waals surface area (Å²) in [4.78, 5) is 0. The maximum atomic E-state index is 2.45. The van der Waals surface area contributed by atoms with Gasteiger partial charge in [0.15, 0.2) is 0 Å². The molecule has 22 heavy (non-hydrogen) atoms. The lowest BCUT2D eigenvalue weighted by Gasteiger charge is -2.27. The molecule has 0 nitrogen and oxygen atoms in total. The van der Waals surface area contributed by atoms with E-state index in [0.29, 0.717) is 0 Å². The first-order valence-electron chi connectivity index (χ1n) is 10.3. The highest BCUT2D eigenvalue weighted by atomic mass is 14.3. The smallest absolute Gasteiger partial charge is 0.0351 e. The Balaban J connectivity index is 1.87. The van der Waals surface area contributed by atoms with E-state index in [2.05, 4.69) is 24.3 Å². The number of allylic oxidation sites excluding steroid dienone is 4. The van der Waals surface area contributed by atoms with Crippen molar-refractivity contribution in [3.05, 3.63) is 24.3 Å². The van der Waals surface area contributed by atoms with Gasteiger partial charge in [-0.05, 0) is 76.0 Å². The van der Waals surface area contributed by atoms with Crippen LogP contribution in [0.15, 0.2) is 24.3 Å². The van der Waals surface area contributed by atoms with Gasteiger partial charge in [0, 0.05) is 0 Å². The van der Waals surface area contributed by atoms with Crippen LogP contribution < -0.4 is 0 Å². The van der Waals surface area contributed by atoms with E-state index in [1.54, 1.807) is 0 Å². The zero-order valence-electron chi connectivity index (χ0n) is 14.8. The highest BCUT2D eigenvalue weighted by molar-refractivity contribution is 4.85. The van der Waals surface area contributed by atoms with E-state index in [1.807, 2.05) is 0 Å². The topological polar surface area (TPSA) is 0 Å². The lowest BCUT2D eigenvalue weighted by atomic mass is 9.78. The molecule has 0 saturated carbocycles. The normalized spacial score (nSPS) is 30.2. The fourth-order valence-corrected chi connectivity index (χ4v) is 4.39. The van der Waals surface area contributed by atoms with Gasteiger partial charge in [-0.25, -0.2) is 0 Å². The minimum atomic E-state index is 1.02. The Morgan fingerprint density at radius 3 is 1.18 bits per heavy atom. The first kappa shape index (κ1) is 17.8. The van der Waals surface area contributed by atoms with Crippen molar-refractivity contribution in [3.63, 3.8) is 0 Å². The minimum Gasteiger partial charge on any atom is -0.0885 e. The maximum Gasteiger partial charge on any atom is -0.0351 e. The van der Waals surface area contributed by atoms with Crippen LogP contribution in [0.4, 0.5) is 0 Å². The van der Waals surface area contributed by atoms with Gasteiger partial charge in [0.1, 0.15) is 0 Å². The van der Waals surface area contributed by atoms with Gasteiger partial charge in [-0.15, -0.1) is 0 Å². The molecule has 0 saturated heterocycles.